The number of likely N-dealkylation sites (tertiary alicyclic amines) is 1. The number of rotatable bonds is 2. The van der Waals surface area contributed by atoms with Crippen LogP contribution in [-0.4, -0.2) is 32.1 Å². The molecule has 3 aromatic heterocycles. The first-order valence-corrected chi connectivity index (χ1v) is 7.40. The second-order valence-corrected chi connectivity index (χ2v) is 5.64. The lowest BCUT2D eigenvalue weighted by Crippen LogP contribution is -2.30. The second kappa shape index (κ2) is 4.98. The highest BCUT2D eigenvalue weighted by Gasteiger charge is 2.32. The predicted molar refractivity (Wildman–Crippen MR) is 79.4 cm³/mol. The summed E-state index contributed by atoms with van der Waals surface area (Å²) in [7, 11) is 0. The van der Waals surface area contributed by atoms with Crippen molar-refractivity contribution in [3.05, 3.63) is 53.7 Å². The Hall–Kier alpha value is -2.63. The van der Waals surface area contributed by atoms with Gasteiger partial charge in [-0.3, -0.25) is 4.79 Å². The van der Waals surface area contributed by atoms with Gasteiger partial charge < -0.3 is 9.42 Å². The summed E-state index contributed by atoms with van der Waals surface area (Å²) < 4.78 is 6.91. The zero-order valence-electron chi connectivity index (χ0n) is 12.3. The van der Waals surface area contributed by atoms with Crippen molar-refractivity contribution in [1.29, 1.82) is 0 Å². The number of pyridine rings is 1. The smallest absolute Gasteiger partial charge is 0.254 e. The van der Waals surface area contributed by atoms with Crippen LogP contribution in [0, 0.1) is 6.92 Å². The van der Waals surface area contributed by atoms with Gasteiger partial charge >= 0.3 is 0 Å². The van der Waals surface area contributed by atoms with E-state index in [1.54, 1.807) is 10.7 Å². The van der Waals surface area contributed by atoms with Crippen LogP contribution in [0.15, 0.2) is 41.2 Å². The minimum absolute atomic E-state index is 0.00564. The van der Waals surface area contributed by atoms with Crippen LogP contribution >= 0.6 is 0 Å². The SMILES string of the molecule is Cc1cc(C2CCCN2C(=O)c2ccn3nccc3c2)no1. The van der Waals surface area contributed by atoms with Crippen molar-refractivity contribution < 1.29 is 9.32 Å². The number of amides is 1. The molecule has 4 heterocycles. The third-order valence-corrected chi connectivity index (χ3v) is 4.15. The van der Waals surface area contributed by atoms with Crippen molar-refractivity contribution in [1.82, 2.24) is 19.7 Å². The molecule has 0 bridgehead atoms. The first-order chi connectivity index (χ1) is 10.7. The summed E-state index contributed by atoms with van der Waals surface area (Å²) in [5.41, 5.74) is 2.44. The summed E-state index contributed by atoms with van der Waals surface area (Å²) in [6.07, 6.45) is 5.44. The fourth-order valence-electron chi connectivity index (χ4n) is 3.08. The maximum Gasteiger partial charge on any atom is 0.254 e. The van der Waals surface area contributed by atoms with Gasteiger partial charge in [0.2, 0.25) is 0 Å². The van der Waals surface area contributed by atoms with Gasteiger partial charge in [-0.2, -0.15) is 5.10 Å². The lowest BCUT2D eigenvalue weighted by atomic mass is 10.1. The predicted octanol–water partition coefficient (Wildman–Crippen LogP) is 2.61. The van der Waals surface area contributed by atoms with E-state index in [-0.39, 0.29) is 11.9 Å². The Labute approximate surface area is 127 Å². The Morgan fingerprint density at radius 3 is 3.09 bits per heavy atom. The zero-order chi connectivity index (χ0) is 15.1. The molecule has 22 heavy (non-hydrogen) atoms. The van der Waals surface area contributed by atoms with Crippen LogP contribution in [0.4, 0.5) is 0 Å². The Morgan fingerprint density at radius 2 is 2.27 bits per heavy atom. The Morgan fingerprint density at radius 1 is 1.36 bits per heavy atom. The van der Waals surface area contributed by atoms with Crippen LogP contribution in [0.3, 0.4) is 0 Å². The van der Waals surface area contributed by atoms with Crippen LogP contribution in [0.25, 0.3) is 5.52 Å². The molecule has 1 amide bonds. The van der Waals surface area contributed by atoms with Gasteiger partial charge in [0.25, 0.3) is 5.91 Å². The number of carbonyl (C=O) groups is 1. The average Bonchev–Trinajstić information content (AvgIpc) is 3.25. The monoisotopic (exact) mass is 296 g/mol. The van der Waals surface area contributed by atoms with Crippen molar-refractivity contribution in [3.63, 3.8) is 0 Å². The van der Waals surface area contributed by atoms with Crippen molar-refractivity contribution in [3.8, 4) is 0 Å². The van der Waals surface area contributed by atoms with E-state index in [1.807, 2.05) is 42.3 Å². The van der Waals surface area contributed by atoms with E-state index >= 15 is 0 Å². The third kappa shape index (κ3) is 2.07. The standard InChI is InChI=1S/C16H16N4O2/c1-11-9-14(18-22-11)15-3-2-7-19(15)16(21)12-5-8-20-13(10-12)4-6-17-20/h4-6,8-10,15H,2-3,7H2,1H3. The van der Waals surface area contributed by atoms with Gasteiger partial charge in [0.15, 0.2) is 0 Å². The molecule has 1 aliphatic rings. The molecule has 3 aromatic rings. The van der Waals surface area contributed by atoms with E-state index in [1.165, 1.54) is 0 Å². The quantitative estimate of drug-likeness (QED) is 0.729. The largest absolute Gasteiger partial charge is 0.361 e. The van der Waals surface area contributed by atoms with Crippen molar-refractivity contribution >= 4 is 11.4 Å². The number of carbonyl (C=O) groups excluding carboxylic acids is 1. The highest BCUT2D eigenvalue weighted by Crippen LogP contribution is 2.32. The summed E-state index contributed by atoms with van der Waals surface area (Å²) >= 11 is 0. The molecule has 1 fully saturated rings. The van der Waals surface area contributed by atoms with Crippen LogP contribution in [-0.2, 0) is 0 Å². The zero-order valence-corrected chi connectivity index (χ0v) is 12.3. The fourth-order valence-corrected chi connectivity index (χ4v) is 3.08. The van der Waals surface area contributed by atoms with E-state index in [4.69, 9.17) is 4.52 Å². The molecule has 1 unspecified atom stereocenters. The van der Waals surface area contributed by atoms with Crippen molar-refractivity contribution in [2.24, 2.45) is 0 Å². The van der Waals surface area contributed by atoms with Gasteiger partial charge in [-0.05, 0) is 38.0 Å². The molecule has 0 N–H and O–H groups in total. The number of aromatic nitrogens is 3. The Bertz CT molecular complexity index is 835. The average molecular weight is 296 g/mol. The molecule has 1 atom stereocenters. The van der Waals surface area contributed by atoms with Crippen molar-refractivity contribution in [2.45, 2.75) is 25.8 Å². The van der Waals surface area contributed by atoms with Crippen molar-refractivity contribution in [2.75, 3.05) is 6.54 Å². The number of hydrogen-bond donors (Lipinski definition) is 0. The molecule has 6 heteroatoms. The van der Waals surface area contributed by atoms with Gasteiger partial charge in [0, 0.05) is 30.6 Å². The maximum atomic E-state index is 12.8. The van der Waals surface area contributed by atoms with Gasteiger partial charge in [0.05, 0.1) is 11.6 Å². The highest BCUT2D eigenvalue weighted by molar-refractivity contribution is 5.95. The normalized spacial score (nSPS) is 18.2. The Balaban J connectivity index is 1.65. The molecule has 1 saturated heterocycles. The van der Waals surface area contributed by atoms with Crippen LogP contribution in [0.2, 0.25) is 0 Å². The van der Waals surface area contributed by atoms with Crippen LogP contribution < -0.4 is 0 Å². The van der Waals surface area contributed by atoms with Crippen LogP contribution in [0.1, 0.15) is 40.7 Å². The van der Waals surface area contributed by atoms with Gasteiger partial charge in [-0.15, -0.1) is 0 Å². The molecule has 0 saturated carbocycles. The molecule has 4 rings (SSSR count). The van der Waals surface area contributed by atoms with Gasteiger partial charge in [-0.25, -0.2) is 4.52 Å². The first-order valence-electron chi connectivity index (χ1n) is 7.40. The highest BCUT2D eigenvalue weighted by atomic mass is 16.5. The molecular weight excluding hydrogens is 280 g/mol. The minimum Gasteiger partial charge on any atom is -0.361 e. The molecule has 0 radical (unpaired) electrons. The summed E-state index contributed by atoms with van der Waals surface area (Å²) in [4.78, 5) is 14.7. The topological polar surface area (TPSA) is 63.6 Å². The molecule has 0 aromatic carbocycles. The number of nitrogens with zero attached hydrogens (tertiary/aromatic N) is 4. The first kappa shape index (κ1) is 13.1. The second-order valence-electron chi connectivity index (χ2n) is 5.64. The Kier molecular flexibility index (Phi) is 2.96. The van der Waals surface area contributed by atoms with E-state index in [9.17, 15) is 4.79 Å². The molecule has 1 aliphatic heterocycles. The number of hydrogen-bond acceptors (Lipinski definition) is 4. The van der Waals surface area contributed by atoms with Crippen LogP contribution in [0.5, 0.6) is 0 Å². The molecule has 0 aliphatic carbocycles. The molecule has 0 spiro atoms. The van der Waals surface area contributed by atoms with Gasteiger partial charge in [-0.1, -0.05) is 5.16 Å². The lowest BCUT2D eigenvalue weighted by molar-refractivity contribution is 0.0731. The van der Waals surface area contributed by atoms with E-state index in [0.717, 1.165) is 36.4 Å². The molecule has 6 nitrogen and oxygen atoms in total. The number of aryl methyl sites for hydroxylation is 1. The fraction of sp³-hybridized carbons (Fsp3) is 0.312. The van der Waals surface area contributed by atoms with E-state index in [0.29, 0.717) is 5.56 Å². The van der Waals surface area contributed by atoms with E-state index in [2.05, 4.69) is 10.3 Å². The maximum absolute atomic E-state index is 12.8. The summed E-state index contributed by atoms with van der Waals surface area (Å²) in [5, 5.41) is 8.23. The molecule has 112 valence electrons. The summed E-state index contributed by atoms with van der Waals surface area (Å²) in [6, 6.07) is 7.49. The molecular formula is C16H16N4O2. The minimum atomic E-state index is 0.00564. The number of fused-ring (bicyclic) bond motifs is 1. The summed E-state index contributed by atoms with van der Waals surface area (Å²) in [5.74, 6) is 0.807. The third-order valence-electron chi connectivity index (χ3n) is 4.15. The van der Waals surface area contributed by atoms with E-state index < -0.39 is 0 Å². The van der Waals surface area contributed by atoms with Gasteiger partial charge in [0.1, 0.15) is 11.5 Å². The summed E-state index contributed by atoms with van der Waals surface area (Å²) in [6.45, 7) is 2.62. The lowest BCUT2D eigenvalue weighted by Gasteiger charge is -2.23.